The van der Waals surface area contributed by atoms with Crippen molar-refractivity contribution in [2.75, 3.05) is 6.61 Å². The Kier molecular flexibility index (Phi) is 5.05. The van der Waals surface area contributed by atoms with Crippen molar-refractivity contribution < 1.29 is 9.90 Å². The third-order valence-electron chi connectivity index (χ3n) is 3.03. The van der Waals surface area contributed by atoms with Gasteiger partial charge in [0.2, 0.25) is 5.91 Å². The van der Waals surface area contributed by atoms with Crippen molar-refractivity contribution in [1.82, 2.24) is 5.32 Å². The molecule has 1 fully saturated rings. The van der Waals surface area contributed by atoms with Crippen molar-refractivity contribution in [3.63, 3.8) is 0 Å². The Bertz CT molecular complexity index is 209. The molecule has 0 aromatic rings. The number of amides is 1. The van der Waals surface area contributed by atoms with Crippen LogP contribution in [0.3, 0.4) is 0 Å². The topological polar surface area (TPSA) is 75.3 Å². The molecular weight excluding hydrogens is 192 g/mol. The lowest BCUT2D eigenvalue weighted by Crippen LogP contribution is -2.37. The average molecular weight is 214 g/mol. The van der Waals surface area contributed by atoms with E-state index in [1.807, 2.05) is 6.92 Å². The summed E-state index contributed by atoms with van der Waals surface area (Å²) in [5, 5.41) is 11.6. The highest BCUT2D eigenvalue weighted by Crippen LogP contribution is 2.24. The Morgan fingerprint density at radius 1 is 1.60 bits per heavy atom. The number of nitrogens with two attached hydrogens (primary N) is 1. The van der Waals surface area contributed by atoms with E-state index in [2.05, 4.69) is 5.32 Å². The predicted octanol–water partition coefficient (Wildman–Crippen LogP) is 0.391. The molecule has 0 aromatic carbocycles. The van der Waals surface area contributed by atoms with Crippen molar-refractivity contribution in [3.05, 3.63) is 0 Å². The third kappa shape index (κ3) is 4.18. The van der Waals surface area contributed by atoms with Gasteiger partial charge in [0, 0.05) is 24.6 Å². The highest BCUT2D eigenvalue weighted by molar-refractivity contribution is 5.79. The van der Waals surface area contributed by atoms with Gasteiger partial charge in [0.1, 0.15) is 0 Å². The maximum atomic E-state index is 11.7. The number of rotatable bonds is 5. The van der Waals surface area contributed by atoms with Crippen LogP contribution in [-0.2, 0) is 4.79 Å². The fraction of sp³-hybridized carbons (Fsp3) is 0.909. The summed E-state index contributed by atoms with van der Waals surface area (Å²) >= 11 is 0. The molecule has 0 aromatic heterocycles. The smallest absolute Gasteiger partial charge is 0.223 e. The van der Waals surface area contributed by atoms with Crippen LogP contribution >= 0.6 is 0 Å². The molecule has 15 heavy (non-hydrogen) atoms. The minimum atomic E-state index is 0.108. The zero-order chi connectivity index (χ0) is 11.3. The van der Waals surface area contributed by atoms with Gasteiger partial charge >= 0.3 is 0 Å². The van der Waals surface area contributed by atoms with Crippen LogP contribution in [0.5, 0.6) is 0 Å². The standard InChI is InChI=1S/C11H22N2O2/c1-8(3-2-6-14)13-11(15)9-4-5-10(12)7-9/h8-10,14H,2-7,12H2,1H3,(H,13,15). The monoisotopic (exact) mass is 214 g/mol. The molecule has 88 valence electrons. The van der Waals surface area contributed by atoms with Crippen molar-refractivity contribution in [2.45, 2.75) is 51.1 Å². The molecule has 0 radical (unpaired) electrons. The number of aliphatic hydroxyl groups is 1. The van der Waals surface area contributed by atoms with Crippen molar-refractivity contribution in [2.24, 2.45) is 11.7 Å². The predicted molar refractivity (Wildman–Crippen MR) is 59.2 cm³/mol. The minimum Gasteiger partial charge on any atom is -0.396 e. The van der Waals surface area contributed by atoms with E-state index in [1.54, 1.807) is 0 Å². The quantitative estimate of drug-likeness (QED) is 0.619. The van der Waals surface area contributed by atoms with Gasteiger partial charge in [-0.05, 0) is 39.0 Å². The largest absolute Gasteiger partial charge is 0.396 e. The lowest BCUT2D eigenvalue weighted by Gasteiger charge is -2.16. The molecule has 0 saturated heterocycles. The van der Waals surface area contributed by atoms with Crippen LogP contribution in [0.15, 0.2) is 0 Å². The van der Waals surface area contributed by atoms with Crippen LogP contribution in [0, 0.1) is 5.92 Å². The Hall–Kier alpha value is -0.610. The maximum absolute atomic E-state index is 11.7. The number of carbonyl (C=O) groups excluding carboxylic acids is 1. The van der Waals surface area contributed by atoms with E-state index in [9.17, 15) is 4.79 Å². The summed E-state index contributed by atoms with van der Waals surface area (Å²) in [6.45, 7) is 2.16. The molecule has 1 saturated carbocycles. The van der Waals surface area contributed by atoms with Gasteiger partial charge in [0.25, 0.3) is 0 Å². The molecule has 0 heterocycles. The van der Waals surface area contributed by atoms with Crippen LogP contribution in [0.4, 0.5) is 0 Å². The van der Waals surface area contributed by atoms with E-state index in [1.165, 1.54) is 0 Å². The van der Waals surface area contributed by atoms with Crippen LogP contribution in [0.1, 0.15) is 39.0 Å². The summed E-state index contributed by atoms with van der Waals surface area (Å²) in [6.07, 6.45) is 4.27. The second kappa shape index (κ2) is 6.08. The summed E-state index contributed by atoms with van der Waals surface area (Å²) in [6, 6.07) is 0.356. The number of hydrogen-bond acceptors (Lipinski definition) is 3. The molecule has 0 bridgehead atoms. The molecule has 1 amide bonds. The van der Waals surface area contributed by atoms with Crippen LogP contribution in [0.2, 0.25) is 0 Å². The maximum Gasteiger partial charge on any atom is 0.223 e. The van der Waals surface area contributed by atoms with Gasteiger partial charge in [-0.15, -0.1) is 0 Å². The van der Waals surface area contributed by atoms with E-state index in [0.717, 1.165) is 32.1 Å². The normalized spacial score (nSPS) is 27.7. The van der Waals surface area contributed by atoms with Gasteiger partial charge in [-0.25, -0.2) is 0 Å². The molecule has 1 aliphatic rings. The Morgan fingerprint density at radius 2 is 2.33 bits per heavy atom. The average Bonchev–Trinajstić information content (AvgIpc) is 2.61. The fourth-order valence-corrected chi connectivity index (χ4v) is 2.08. The number of carbonyl (C=O) groups is 1. The molecule has 3 unspecified atom stereocenters. The first-order valence-corrected chi connectivity index (χ1v) is 5.80. The van der Waals surface area contributed by atoms with E-state index < -0.39 is 0 Å². The highest BCUT2D eigenvalue weighted by Gasteiger charge is 2.28. The van der Waals surface area contributed by atoms with E-state index in [0.29, 0.717) is 0 Å². The van der Waals surface area contributed by atoms with Crippen LogP contribution in [0.25, 0.3) is 0 Å². The molecule has 1 rings (SSSR count). The first-order valence-electron chi connectivity index (χ1n) is 5.80. The third-order valence-corrected chi connectivity index (χ3v) is 3.03. The summed E-state index contributed by atoms with van der Waals surface area (Å²) in [5.41, 5.74) is 5.76. The van der Waals surface area contributed by atoms with E-state index in [-0.39, 0.29) is 30.5 Å². The number of aliphatic hydroxyl groups excluding tert-OH is 1. The Labute approximate surface area is 91.2 Å². The molecule has 3 atom stereocenters. The van der Waals surface area contributed by atoms with Crippen LogP contribution in [-0.4, -0.2) is 29.7 Å². The zero-order valence-electron chi connectivity index (χ0n) is 9.41. The van der Waals surface area contributed by atoms with E-state index in [4.69, 9.17) is 10.8 Å². The number of nitrogens with one attached hydrogen (secondary N) is 1. The minimum absolute atomic E-state index is 0.108. The fourth-order valence-electron chi connectivity index (χ4n) is 2.08. The molecule has 4 nitrogen and oxygen atoms in total. The van der Waals surface area contributed by atoms with Gasteiger partial charge < -0.3 is 16.2 Å². The second-order valence-corrected chi connectivity index (χ2v) is 4.55. The van der Waals surface area contributed by atoms with Crippen molar-refractivity contribution >= 4 is 5.91 Å². The molecule has 0 spiro atoms. The van der Waals surface area contributed by atoms with Gasteiger partial charge in [-0.3, -0.25) is 4.79 Å². The first-order chi connectivity index (χ1) is 7.13. The lowest BCUT2D eigenvalue weighted by atomic mass is 10.1. The summed E-state index contributed by atoms with van der Waals surface area (Å²) < 4.78 is 0. The first kappa shape index (κ1) is 12.5. The molecule has 4 heteroatoms. The van der Waals surface area contributed by atoms with Gasteiger partial charge in [-0.2, -0.15) is 0 Å². The molecular formula is C11H22N2O2. The van der Waals surface area contributed by atoms with Gasteiger partial charge in [-0.1, -0.05) is 0 Å². The Balaban J connectivity index is 2.23. The number of hydrogen-bond donors (Lipinski definition) is 3. The second-order valence-electron chi connectivity index (χ2n) is 4.55. The molecule has 0 aliphatic heterocycles. The van der Waals surface area contributed by atoms with Crippen LogP contribution < -0.4 is 11.1 Å². The lowest BCUT2D eigenvalue weighted by molar-refractivity contribution is -0.125. The SMILES string of the molecule is CC(CCCO)NC(=O)C1CCC(N)C1. The van der Waals surface area contributed by atoms with Crippen molar-refractivity contribution in [1.29, 1.82) is 0 Å². The van der Waals surface area contributed by atoms with Crippen molar-refractivity contribution in [3.8, 4) is 0 Å². The summed E-state index contributed by atoms with van der Waals surface area (Å²) in [5.74, 6) is 0.241. The summed E-state index contributed by atoms with van der Waals surface area (Å²) in [7, 11) is 0. The van der Waals surface area contributed by atoms with Gasteiger partial charge in [0.15, 0.2) is 0 Å². The molecule has 4 N–H and O–H groups in total. The highest BCUT2D eigenvalue weighted by atomic mass is 16.2. The van der Waals surface area contributed by atoms with Gasteiger partial charge in [0.05, 0.1) is 0 Å². The molecule has 1 aliphatic carbocycles. The zero-order valence-corrected chi connectivity index (χ0v) is 9.41. The Morgan fingerprint density at radius 3 is 2.87 bits per heavy atom. The summed E-state index contributed by atoms with van der Waals surface area (Å²) in [4.78, 5) is 11.7. The van der Waals surface area contributed by atoms with E-state index >= 15 is 0 Å².